The lowest BCUT2D eigenvalue weighted by Crippen LogP contribution is -2.49. The Kier molecular flexibility index (Phi) is 5.31. The van der Waals surface area contributed by atoms with E-state index in [-0.39, 0.29) is 35.6 Å². The number of rotatable bonds is 4. The smallest absolute Gasteiger partial charge is 0.274 e. The largest absolute Gasteiger partial charge is 0.336 e. The first-order chi connectivity index (χ1) is 15.6. The van der Waals surface area contributed by atoms with Crippen molar-refractivity contribution in [3.8, 4) is 0 Å². The molecular formula is C25H24N4O3. The van der Waals surface area contributed by atoms with Gasteiger partial charge in [-0.25, -0.2) is 0 Å². The van der Waals surface area contributed by atoms with Gasteiger partial charge in [-0.05, 0) is 42.2 Å². The molecular weight excluding hydrogens is 404 g/mol. The second kappa shape index (κ2) is 8.42. The van der Waals surface area contributed by atoms with E-state index in [2.05, 4.69) is 10.3 Å². The van der Waals surface area contributed by atoms with Gasteiger partial charge in [0.1, 0.15) is 11.4 Å². The van der Waals surface area contributed by atoms with Crippen LogP contribution in [0.4, 0.5) is 5.69 Å². The number of hydrogen-bond acceptors (Lipinski definition) is 4. The zero-order valence-electron chi connectivity index (χ0n) is 17.6. The fraction of sp³-hybridized carbons (Fsp3) is 0.280. The van der Waals surface area contributed by atoms with E-state index in [9.17, 15) is 14.4 Å². The van der Waals surface area contributed by atoms with E-state index in [1.54, 1.807) is 29.0 Å². The van der Waals surface area contributed by atoms with Gasteiger partial charge in [-0.15, -0.1) is 0 Å². The van der Waals surface area contributed by atoms with Gasteiger partial charge in [0.15, 0.2) is 0 Å². The molecule has 5 rings (SSSR count). The predicted octanol–water partition coefficient (Wildman–Crippen LogP) is 2.68. The van der Waals surface area contributed by atoms with E-state index in [0.29, 0.717) is 31.0 Å². The average Bonchev–Trinajstić information content (AvgIpc) is 2.82. The van der Waals surface area contributed by atoms with Gasteiger partial charge in [0.25, 0.3) is 11.5 Å². The van der Waals surface area contributed by atoms with Gasteiger partial charge >= 0.3 is 0 Å². The molecule has 2 aliphatic rings. The minimum absolute atomic E-state index is 0.0686. The number of nitrogens with one attached hydrogen (secondary N) is 1. The summed E-state index contributed by atoms with van der Waals surface area (Å²) in [5.41, 5.74) is 2.39. The Morgan fingerprint density at radius 1 is 0.969 bits per heavy atom. The van der Waals surface area contributed by atoms with Crippen LogP contribution >= 0.6 is 0 Å². The molecule has 2 bridgehead atoms. The zero-order chi connectivity index (χ0) is 22.1. The minimum Gasteiger partial charge on any atom is -0.336 e. The fourth-order valence-electron chi connectivity index (χ4n) is 4.83. The summed E-state index contributed by atoms with van der Waals surface area (Å²) in [6.45, 7) is 1.70. The molecule has 0 unspecified atom stereocenters. The Labute approximate surface area is 185 Å². The summed E-state index contributed by atoms with van der Waals surface area (Å²) in [7, 11) is 0. The van der Waals surface area contributed by atoms with Crippen LogP contribution in [-0.4, -0.2) is 39.4 Å². The molecule has 4 heterocycles. The fourth-order valence-corrected chi connectivity index (χ4v) is 4.83. The van der Waals surface area contributed by atoms with Crippen molar-refractivity contribution < 1.29 is 9.59 Å². The van der Waals surface area contributed by atoms with E-state index < -0.39 is 0 Å². The molecule has 0 spiro atoms. The van der Waals surface area contributed by atoms with Crippen molar-refractivity contribution >= 4 is 17.5 Å². The highest BCUT2D eigenvalue weighted by Crippen LogP contribution is 2.35. The van der Waals surface area contributed by atoms with Crippen molar-refractivity contribution in [2.45, 2.75) is 25.3 Å². The van der Waals surface area contributed by atoms with Crippen LogP contribution in [0.5, 0.6) is 0 Å². The van der Waals surface area contributed by atoms with Crippen LogP contribution in [0.25, 0.3) is 0 Å². The third kappa shape index (κ3) is 3.93. The third-order valence-electron chi connectivity index (χ3n) is 6.26. The van der Waals surface area contributed by atoms with E-state index in [1.807, 2.05) is 47.4 Å². The summed E-state index contributed by atoms with van der Waals surface area (Å²) < 4.78 is 1.78. The lowest BCUT2D eigenvalue weighted by Gasteiger charge is -2.42. The quantitative estimate of drug-likeness (QED) is 0.693. The van der Waals surface area contributed by atoms with Gasteiger partial charge in [-0.2, -0.15) is 0 Å². The number of benzene rings is 1. The first kappa shape index (κ1) is 20.2. The van der Waals surface area contributed by atoms with Gasteiger partial charge < -0.3 is 14.8 Å². The van der Waals surface area contributed by atoms with Gasteiger partial charge in [0, 0.05) is 37.4 Å². The summed E-state index contributed by atoms with van der Waals surface area (Å²) in [5, 5.41) is 2.78. The van der Waals surface area contributed by atoms with E-state index in [1.165, 1.54) is 0 Å². The minimum atomic E-state index is -0.211. The Morgan fingerprint density at radius 3 is 2.56 bits per heavy atom. The summed E-state index contributed by atoms with van der Waals surface area (Å²) in [6.07, 6.45) is 2.80. The second-order valence-corrected chi connectivity index (χ2v) is 8.52. The number of carbonyl (C=O) groups excluding carboxylic acids is 2. The van der Waals surface area contributed by atoms with E-state index in [0.717, 1.165) is 17.7 Å². The lowest BCUT2D eigenvalue weighted by atomic mass is 9.83. The van der Waals surface area contributed by atoms with Crippen molar-refractivity contribution in [1.29, 1.82) is 0 Å². The van der Waals surface area contributed by atoms with Crippen molar-refractivity contribution in [3.05, 3.63) is 94.2 Å². The molecule has 0 radical (unpaired) electrons. The molecule has 7 nitrogen and oxygen atoms in total. The highest BCUT2D eigenvalue weighted by atomic mass is 16.2. The highest BCUT2D eigenvalue weighted by molar-refractivity contribution is 5.93. The number of amides is 2. The molecule has 1 N–H and O–H groups in total. The van der Waals surface area contributed by atoms with Crippen LogP contribution in [0.15, 0.2) is 71.7 Å². The number of aromatic nitrogens is 2. The molecule has 1 fully saturated rings. The zero-order valence-corrected chi connectivity index (χ0v) is 17.6. The predicted molar refractivity (Wildman–Crippen MR) is 120 cm³/mol. The van der Waals surface area contributed by atoms with Gasteiger partial charge in [-0.3, -0.25) is 19.4 Å². The molecule has 32 heavy (non-hydrogen) atoms. The molecule has 1 saturated heterocycles. The van der Waals surface area contributed by atoms with Crippen LogP contribution in [0.2, 0.25) is 0 Å². The first-order valence-corrected chi connectivity index (χ1v) is 10.9. The highest BCUT2D eigenvalue weighted by Gasteiger charge is 2.37. The first-order valence-electron chi connectivity index (χ1n) is 10.9. The molecule has 162 valence electrons. The standard InChI is InChI=1S/C25H24N4O3/c30-23(13-17-6-2-1-3-7-17)27-21-9-10-22-19-12-18(15-29(22)25(21)32)14-28(16-19)24(31)20-8-4-5-11-26-20/h1-11,18-19H,12-16H2,(H,27,30)/t18-,19-/m1/s1. The molecule has 2 aromatic heterocycles. The van der Waals surface area contributed by atoms with Crippen molar-refractivity contribution in [1.82, 2.24) is 14.5 Å². The van der Waals surface area contributed by atoms with E-state index in [4.69, 9.17) is 0 Å². The molecule has 1 aromatic carbocycles. The van der Waals surface area contributed by atoms with Gasteiger partial charge in [-0.1, -0.05) is 36.4 Å². The third-order valence-corrected chi connectivity index (χ3v) is 6.26. The summed E-state index contributed by atoms with van der Waals surface area (Å²) >= 11 is 0. The number of fused-ring (bicyclic) bond motifs is 4. The maximum Gasteiger partial charge on any atom is 0.274 e. The van der Waals surface area contributed by atoms with Crippen LogP contribution < -0.4 is 10.9 Å². The lowest BCUT2D eigenvalue weighted by molar-refractivity contribution is -0.115. The molecule has 2 atom stereocenters. The molecule has 0 aliphatic carbocycles. The number of nitrogens with zero attached hydrogens (tertiary/aromatic N) is 3. The summed E-state index contributed by atoms with van der Waals surface area (Å²) in [6, 6.07) is 18.4. The Morgan fingerprint density at radius 2 is 1.78 bits per heavy atom. The molecule has 3 aromatic rings. The molecule has 7 heteroatoms. The number of carbonyl (C=O) groups is 2. The maximum atomic E-state index is 13.1. The topological polar surface area (TPSA) is 84.3 Å². The summed E-state index contributed by atoms with van der Waals surface area (Å²) in [4.78, 5) is 44.5. The van der Waals surface area contributed by atoms with Crippen LogP contribution in [0.1, 0.15) is 34.1 Å². The van der Waals surface area contributed by atoms with Crippen molar-refractivity contribution in [2.75, 3.05) is 18.4 Å². The number of anilines is 1. The Bertz CT molecular complexity index is 1210. The SMILES string of the molecule is O=C(Cc1ccccc1)Nc1ccc2n(c1=O)C[C@@H]1C[C@@H]2CN(C(=O)c2ccccn2)C1. The monoisotopic (exact) mass is 428 g/mol. The van der Waals surface area contributed by atoms with E-state index >= 15 is 0 Å². The maximum absolute atomic E-state index is 13.1. The van der Waals surface area contributed by atoms with Gasteiger partial charge in [0.2, 0.25) is 5.91 Å². The average molecular weight is 428 g/mol. The molecule has 0 saturated carbocycles. The van der Waals surface area contributed by atoms with Crippen LogP contribution in [0.3, 0.4) is 0 Å². The normalized spacial score (nSPS) is 19.2. The Balaban J connectivity index is 1.34. The number of hydrogen-bond donors (Lipinski definition) is 1. The summed E-state index contributed by atoms with van der Waals surface area (Å²) in [5.74, 6) is 0.0108. The second-order valence-electron chi connectivity index (χ2n) is 8.52. The van der Waals surface area contributed by atoms with Crippen molar-refractivity contribution in [2.24, 2.45) is 5.92 Å². The van der Waals surface area contributed by atoms with Crippen molar-refractivity contribution in [3.63, 3.8) is 0 Å². The molecule has 2 aliphatic heterocycles. The van der Waals surface area contributed by atoms with Crippen LogP contribution in [-0.2, 0) is 17.8 Å². The number of pyridine rings is 2. The van der Waals surface area contributed by atoms with Crippen LogP contribution in [0, 0.1) is 5.92 Å². The number of piperidine rings is 1. The Hall–Kier alpha value is -3.74. The van der Waals surface area contributed by atoms with Gasteiger partial charge in [0.05, 0.1) is 6.42 Å². The number of likely N-dealkylation sites (tertiary alicyclic amines) is 1. The molecule has 2 amide bonds.